The molecule has 0 amide bonds. The van der Waals surface area contributed by atoms with E-state index in [-0.39, 0.29) is 11.5 Å². The van der Waals surface area contributed by atoms with Gasteiger partial charge in [-0.25, -0.2) is 4.98 Å². The van der Waals surface area contributed by atoms with Crippen LogP contribution < -0.4 is 5.56 Å². The van der Waals surface area contributed by atoms with E-state index in [1.807, 2.05) is 10.9 Å². The second-order valence-electron chi connectivity index (χ2n) is 6.88. The molecule has 0 saturated carbocycles. The summed E-state index contributed by atoms with van der Waals surface area (Å²) in [6.07, 6.45) is 3.57. The van der Waals surface area contributed by atoms with Gasteiger partial charge in [0.25, 0.3) is 5.56 Å². The summed E-state index contributed by atoms with van der Waals surface area (Å²) in [6, 6.07) is 0. The summed E-state index contributed by atoms with van der Waals surface area (Å²) in [7, 11) is 0. The Morgan fingerprint density at radius 2 is 2.04 bits per heavy atom. The molecule has 0 spiro atoms. The zero-order valence-corrected chi connectivity index (χ0v) is 15.1. The maximum absolute atomic E-state index is 12.4. The predicted octanol–water partition coefficient (Wildman–Crippen LogP) is 2.02. The van der Waals surface area contributed by atoms with E-state index in [0.29, 0.717) is 0 Å². The van der Waals surface area contributed by atoms with Gasteiger partial charge in [-0.05, 0) is 20.3 Å². The van der Waals surface area contributed by atoms with Crippen molar-refractivity contribution in [3.63, 3.8) is 0 Å². The predicted molar refractivity (Wildman–Crippen MR) is 94.3 cm³/mol. The summed E-state index contributed by atoms with van der Waals surface area (Å²) in [4.78, 5) is 22.4. The van der Waals surface area contributed by atoms with Gasteiger partial charge in [0.1, 0.15) is 5.82 Å². The van der Waals surface area contributed by atoms with Crippen LogP contribution in [0.2, 0.25) is 0 Å². The minimum Gasteiger partial charge on any atom is -0.310 e. The molecule has 24 heavy (non-hydrogen) atoms. The lowest BCUT2D eigenvalue weighted by atomic mass is 10.1. The fourth-order valence-electron chi connectivity index (χ4n) is 3.31. The van der Waals surface area contributed by atoms with Crippen LogP contribution in [0.1, 0.15) is 55.0 Å². The standard InChI is InChI=1S/C18H27N5O/c1-5-23-13(4)14(10-19-23)11-22-8-6-15-16(7-9-22)20-17(12(2)3)21-18(15)24/h10,12H,5-9,11H2,1-4H3,(H,20,21,24). The van der Waals surface area contributed by atoms with Gasteiger partial charge in [0, 0.05) is 55.3 Å². The van der Waals surface area contributed by atoms with Gasteiger partial charge in [0.05, 0.1) is 11.9 Å². The molecule has 1 N–H and O–H groups in total. The number of aromatic nitrogens is 4. The normalized spacial score (nSPS) is 15.5. The van der Waals surface area contributed by atoms with Crippen molar-refractivity contribution in [1.29, 1.82) is 0 Å². The lowest BCUT2D eigenvalue weighted by Crippen LogP contribution is -2.26. The van der Waals surface area contributed by atoms with Crippen LogP contribution in [0, 0.1) is 6.92 Å². The minimum atomic E-state index is 0.0422. The van der Waals surface area contributed by atoms with Crippen molar-refractivity contribution in [2.45, 2.75) is 59.5 Å². The smallest absolute Gasteiger partial charge is 0.254 e. The minimum absolute atomic E-state index is 0.0422. The number of fused-ring (bicyclic) bond motifs is 1. The van der Waals surface area contributed by atoms with Crippen molar-refractivity contribution in [3.05, 3.63) is 44.9 Å². The van der Waals surface area contributed by atoms with E-state index in [2.05, 4.69) is 42.7 Å². The average Bonchev–Trinajstić information content (AvgIpc) is 2.77. The van der Waals surface area contributed by atoms with Crippen LogP contribution in [0.5, 0.6) is 0 Å². The zero-order valence-electron chi connectivity index (χ0n) is 15.1. The van der Waals surface area contributed by atoms with Gasteiger partial charge < -0.3 is 4.98 Å². The highest BCUT2D eigenvalue weighted by Crippen LogP contribution is 2.17. The molecule has 0 atom stereocenters. The van der Waals surface area contributed by atoms with Gasteiger partial charge in [0.2, 0.25) is 0 Å². The van der Waals surface area contributed by atoms with Crippen molar-refractivity contribution < 1.29 is 0 Å². The third-order valence-electron chi connectivity index (χ3n) is 4.91. The topological polar surface area (TPSA) is 66.8 Å². The fourth-order valence-corrected chi connectivity index (χ4v) is 3.31. The summed E-state index contributed by atoms with van der Waals surface area (Å²) >= 11 is 0. The van der Waals surface area contributed by atoms with E-state index >= 15 is 0 Å². The first-order valence-corrected chi connectivity index (χ1v) is 8.85. The third kappa shape index (κ3) is 3.29. The van der Waals surface area contributed by atoms with Crippen LogP contribution in [-0.4, -0.2) is 37.7 Å². The number of rotatable bonds is 4. The van der Waals surface area contributed by atoms with Crippen molar-refractivity contribution >= 4 is 0 Å². The summed E-state index contributed by atoms with van der Waals surface area (Å²) in [5, 5.41) is 4.43. The van der Waals surface area contributed by atoms with Gasteiger partial charge in [0.15, 0.2) is 0 Å². The molecule has 0 fully saturated rings. The molecule has 3 rings (SSSR count). The zero-order chi connectivity index (χ0) is 17.3. The highest BCUT2D eigenvalue weighted by Gasteiger charge is 2.20. The second-order valence-corrected chi connectivity index (χ2v) is 6.88. The second kappa shape index (κ2) is 6.89. The van der Waals surface area contributed by atoms with Crippen LogP contribution >= 0.6 is 0 Å². The van der Waals surface area contributed by atoms with E-state index < -0.39 is 0 Å². The SMILES string of the molecule is CCn1ncc(CN2CCc3nc(C(C)C)[nH]c(=O)c3CC2)c1C. The maximum Gasteiger partial charge on any atom is 0.254 e. The number of nitrogens with zero attached hydrogens (tertiary/aromatic N) is 4. The van der Waals surface area contributed by atoms with E-state index in [4.69, 9.17) is 4.98 Å². The van der Waals surface area contributed by atoms with Crippen LogP contribution in [0.4, 0.5) is 0 Å². The number of aromatic amines is 1. The molecule has 0 unspecified atom stereocenters. The number of hydrogen-bond donors (Lipinski definition) is 1. The number of H-pyrrole nitrogens is 1. The molecule has 0 radical (unpaired) electrons. The molecule has 6 heteroatoms. The summed E-state index contributed by atoms with van der Waals surface area (Å²) in [6.45, 7) is 11.9. The molecule has 6 nitrogen and oxygen atoms in total. The van der Waals surface area contributed by atoms with E-state index in [0.717, 1.165) is 56.1 Å². The largest absolute Gasteiger partial charge is 0.310 e. The third-order valence-corrected chi connectivity index (χ3v) is 4.91. The van der Waals surface area contributed by atoms with Crippen molar-refractivity contribution in [3.8, 4) is 0 Å². The molecule has 1 aliphatic heterocycles. The maximum atomic E-state index is 12.4. The first kappa shape index (κ1) is 16.9. The number of aryl methyl sites for hydroxylation is 1. The van der Waals surface area contributed by atoms with Gasteiger partial charge in [-0.15, -0.1) is 0 Å². The molecule has 1 aliphatic rings. The van der Waals surface area contributed by atoms with Crippen LogP contribution in [0.15, 0.2) is 11.0 Å². The Hall–Kier alpha value is -1.95. The van der Waals surface area contributed by atoms with Crippen LogP contribution in [-0.2, 0) is 25.9 Å². The Balaban J connectivity index is 1.77. The van der Waals surface area contributed by atoms with Gasteiger partial charge in [-0.3, -0.25) is 14.4 Å². The van der Waals surface area contributed by atoms with Gasteiger partial charge in [-0.2, -0.15) is 5.10 Å². The molecule has 130 valence electrons. The van der Waals surface area contributed by atoms with E-state index in [9.17, 15) is 4.79 Å². The van der Waals surface area contributed by atoms with Crippen molar-refractivity contribution in [2.75, 3.05) is 13.1 Å². The number of hydrogen-bond acceptors (Lipinski definition) is 4. The fraction of sp³-hybridized carbons (Fsp3) is 0.611. The van der Waals surface area contributed by atoms with Gasteiger partial charge >= 0.3 is 0 Å². The Morgan fingerprint density at radius 1 is 1.29 bits per heavy atom. The first-order valence-electron chi connectivity index (χ1n) is 8.85. The molecule has 0 aromatic carbocycles. The molecule has 3 heterocycles. The highest BCUT2D eigenvalue weighted by atomic mass is 16.1. The Labute approximate surface area is 142 Å². The van der Waals surface area contributed by atoms with Crippen LogP contribution in [0.25, 0.3) is 0 Å². The molecule has 2 aromatic rings. The lowest BCUT2D eigenvalue weighted by Gasteiger charge is -2.19. The molecular formula is C18H27N5O. The summed E-state index contributed by atoms with van der Waals surface area (Å²) < 4.78 is 2.03. The Kier molecular flexibility index (Phi) is 4.85. The molecular weight excluding hydrogens is 302 g/mol. The first-order chi connectivity index (χ1) is 11.5. The van der Waals surface area contributed by atoms with Crippen molar-refractivity contribution in [1.82, 2.24) is 24.6 Å². The molecule has 0 saturated heterocycles. The summed E-state index contributed by atoms with van der Waals surface area (Å²) in [5.41, 5.74) is 4.39. The Bertz CT molecular complexity index is 774. The average molecular weight is 329 g/mol. The summed E-state index contributed by atoms with van der Waals surface area (Å²) in [5.74, 6) is 1.04. The van der Waals surface area contributed by atoms with Crippen LogP contribution in [0.3, 0.4) is 0 Å². The Morgan fingerprint density at radius 3 is 2.71 bits per heavy atom. The van der Waals surface area contributed by atoms with E-state index in [1.165, 1.54) is 11.3 Å². The number of nitrogens with one attached hydrogen (secondary N) is 1. The van der Waals surface area contributed by atoms with Gasteiger partial charge in [-0.1, -0.05) is 13.8 Å². The quantitative estimate of drug-likeness (QED) is 0.932. The molecule has 0 bridgehead atoms. The monoisotopic (exact) mass is 329 g/mol. The molecule has 0 aliphatic carbocycles. The molecule has 2 aromatic heterocycles. The lowest BCUT2D eigenvalue weighted by molar-refractivity contribution is 0.278. The van der Waals surface area contributed by atoms with E-state index in [1.54, 1.807) is 0 Å². The van der Waals surface area contributed by atoms with Crippen molar-refractivity contribution in [2.24, 2.45) is 0 Å². The highest BCUT2D eigenvalue weighted by molar-refractivity contribution is 5.22.